The standard InChI is InChI=1S/C7H12O3.C2H6/c1-2-5-3-6(8)10-7(9)4-5;1-2/h5-6,8H,2-4H2,1H3;1-2H3. The van der Waals surface area contributed by atoms with Crippen LogP contribution in [0.25, 0.3) is 0 Å². The molecule has 0 amide bonds. The molecule has 2 unspecified atom stereocenters. The molecule has 0 aromatic carbocycles. The van der Waals surface area contributed by atoms with Gasteiger partial charge in [0.1, 0.15) is 0 Å². The number of carbonyl (C=O) groups excluding carboxylic acids is 1. The fraction of sp³-hybridized carbons (Fsp3) is 0.889. The minimum atomic E-state index is -0.855. The maximum atomic E-state index is 10.7. The molecule has 1 rings (SSSR count). The molecule has 2 atom stereocenters. The van der Waals surface area contributed by atoms with Crippen molar-refractivity contribution in [3.05, 3.63) is 0 Å². The van der Waals surface area contributed by atoms with Crippen molar-refractivity contribution < 1.29 is 14.6 Å². The van der Waals surface area contributed by atoms with E-state index in [9.17, 15) is 4.79 Å². The minimum absolute atomic E-state index is 0.273. The SMILES string of the molecule is CC.CCC1CC(=O)OC(O)C1. The molecule has 0 spiro atoms. The van der Waals surface area contributed by atoms with Crippen LogP contribution in [0.3, 0.4) is 0 Å². The molecule has 0 radical (unpaired) electrons. The van der Waals surface area contributed by atoms with Gasteiger partial charge in [0.25, 0.3) is 0 Å². The van der Waals surface area contributed by atoms with E-state index in [4.69, 9.17) is 5.11 Å². The summed E-state index contributed by atoms with van der Waals surface area (Å²) >= 11 is 0. The summed E-state index contributed by atoms with van der Waals surface area (Å²) in [5.41, 5.74) is 0. The number of esters is 1. The lowest BCUT2D eigenvalue weighted by molar-refractivity contribution is -0.181. The zero-order valence-corrected chi connectivity index (χ0v) is 8.04. The topological polar surface area (TPSA) is 46.5 Å². The van der Waals surface area contributed by atoms with Crippen LogP contribution in [-0.2, 0) is 9.53 Å². The van der Waals surface area contributed by atoms with Gasteiger partial charge in [-0.1, -0.05) is 27.2 Å². The number of cyclic esters (lactones) is 1. The lowest BCUT2D eigenvalue weighted by Gasteiger charge is -2.23. The summed E-state index contributed by atoms with van der Waals surface area (Å²) in [6, 6.07) is 0. The van der Waals surface area contributed by atoms with Crippen molar-refractivity contribution in [2.24, 2.45) is 5.92 Å². The second-order valence-electron chi connectivity index (χ2n) is 2.66. The van der Waals surface area contributed by atoms with Crippen LogP contribution in [0.2, 0.25) is 0 Å². The average molecular weight is 174 g/mol. The molecule has 1 aliphatic rings. The fourth-order valence-corrected chi connectivity index (χ4v) is 1.16. The first-order valence-electron chi connectivity index (χ1n) is 4.60. The highest BCUT2D eigenvalue weighted by molar-refractivity contribution is 5.70. The number of aliphatic hydroxyl groups is 1. The van der Waals surface area contributed by atoms with Gasteiger partial charge in [0.15, 0.2) is 0 Å². The van der Waals surface area contributed by atoms with E-state index >= 15 is 0 Å². The Morgan fingerprint density at radius 3 is 2.58 bits per heavy atom. The van der Waals surface area contributed by atoms with Gasteiger partial charge in [-0.15, -0.1) is 0 Å². The van der Waals surface area contributed by atoms with E-state index < -0.39 is 6.29 Å². The Morgan fingerprint density at radius 2 is 2.17 bits per heavy atom. The highest BCUT2D eigenvalue weighted by Gasteiger charge is 2.25. The molecule has 1 N–H and O–H groups in total. The van der Waals surface area contributed by atoms with Crippen LogP contribution in [-0.4, -0.2) is 17.4 Å². The maximum Gasteiger partial charge on any atom is 0.308 e. The van der Waals surface area contributed by atoms with Crippen LogP contribution in [0.5, 0.6) is 0 Å². The van der Waals surface area contributed by atoms with E-state index in [0.29, 0.717) is 18.8 Å². The zero-order valence-electron chi connectivity index (χ0n) is 8.04. The summed E-state index contributed by atoms with van der Waals surface area (Å²) in [7, 11) is 0. The number of ether oxygens (including phenoxy) is 1. The fourth-order valence-electron chi connectivity index (χ4n) is 1.16. The Bertz CT molecular complexity index is 134. The highest BCUT2D eigenvalue weighted by atomic mass is 16.6. The number of rotatable bonds is 1. The van der Waals surface area contributed by atoms with Crippen LogP contribution in [0, 0.1) is 5.92 Å². The number of aliphatic hydroxyl groups excluding tert-OH is 1. The van der Waals surface area contributed by atoms with Gasteiger partial charge in [-0.25, -0.2) is 0 Å². The number of hydrogen-bond acceptors (Lipinski definition) is 3. The van der Waals surface area contributed by atoms with E-state index in [-0.39, 0.29) is 5.97 Å². The molecular formula is C9H18O3. The second kappa shape index (κ2) is 6.00. The molecule has 0 saturated carbocycles. The lowest BCUT2D eigenvalue weighted by atomic mass is 9.96. The monoisotopic (exact) mass is 174 g/mol. The highest BCUT2D eigenvalue weighted by Crippen LogP contribution is 2.21. The number of carbonyl (C=O) groups is 1. The van der Waals surface area contributed by atoms with Crippen molar-refractivity contribution >= 4 is 5.97 Å². The third kappa shape index (κ3) is 3.72. The van der Waals surface area contributed by atoms with E-state index in [1.807, 2.05) is 20.8 Å². The van der Waals surface area contributed by atoms with Crippen molar-refractivity contribution in [3.63, 3.8) is 0 Å². The molecule has 0 aliphatic carbocycles. The Morgan fingerprint density at radius 1 is 1.58 bits per heavy atom. The predicted octanol–water partition coefficient (Wildman–Crippen LogP) is 1.69. The first kappa shape index (κ1) is 11.4. The largest absolute Gasteiger partial charge is 0.436 e. The summed E-state index contributed by atoms with van der Waals surface area (Å²) in [6.07, 6.45) is 1.15. The molecule has 12 heavy (non-hydrogen) atoms. The van der Waals surface area contributed by atoms with E-state index in [1.165, 1.54) is 0 Å². The summed E-state index contributed by atoms with van der Waals surface area (Å²) < 4.78 is 4.53. The van der Waals surface area contributed by atoms with Gasteiger partial charge in [-0.05, 0) is 5.92 Å². The zero-order chi connectivity index (χ0) is 9.56. The van der Waals surface area contributed by atoms with Crippen molar-refractivity contribution in [2.75, 3.05) is 0 Å². The first-order valence-corrected chi connectivity index (χ1v) is 4.60. The Labute approximate surface area is 73.7 Å². The van der Waals surface area contributed by atoms with E-state index in [0.717, 1.165) is 6.42 Å². The van der Waals surface area contributed by atoms with Crippen molar-refractivity contribution in [3.8, 4) is 0 Å². The van der Waals surface area contributed by atoms with Crippen molar-refractivity contribution in [1.29, 1.82) is 0 Å². The molecule has 0 aromatic heterocycles. The smallest absolute Gasteiger partial charge is 0.308 e. The molecule has 1 aliphatic heterocycles. The summed E-state index contributed by atoms with van der Waals surface area (Å²) in [5.74, 6) is 0.0434. The molecular weight excluding hydrogens is 156 g/mol. The van der Waals surface area contributed by atoms with Crippen molar-refractivity contribution in [2.45, 2.75) is 46.3 Å². The molecule has 72 valence electrons. The Kier molecular flexibility index (Phi) is 5.72. The lowest BCUT2D eigenvalue weighted by Crippen LogP contribution is -2.28. The molecule has 3 heteroatoms. The first-order chi connectivity index (χ1) is 5.72. The van der Waals surface area contributed by atoms with E-state index in [1.54, 1.807) is 0 Å². The summed E-state index contributed by atoms with van der Waals surface area (Å²) in [5, 5.41) is 8.94. The van der Waals surface area contributed by atoms with E-state index in [2.05, 4.69) is 4.74 Å². The van der Waals surface area contributed by atoms with Crippen LogP contribution in [0.4, 0.5) is 0 Å². The normalized spacial score (nSPS) is 28.5. The Hall–Kier alpha value is -0.570. The molecule has 3 nitrogen and oxygen atoms in total. The molecule has 1 saturated heterocycles. The second-order valence-corrected chi connectivity index (χ2v) is 2.66. The third-order valence-electron chi connectivity index (χ3n) is 1.84. The Balaban J connectivity index is 0.000000561. The van der Waals surface area contributed by atoms with Gasteiger partial charge in [0, 0.05) is 12.8 Å². The quantitative estimate of drug-likeness (QED) is 0.615. The van der Waals surface area contributed by atoms with Crippen LogP contribution < -0.4 is 0 Å². The maximum absolute atomic E-state index is 10.7. The number of hydrogen-bond donors (Lipinski definition) is 1. The van der Waals surface area contributed by atoms with Crippen LogP contribution >= 0.6 is 0 Å². The molecule has 1 heterocycles. The average Bonchev–Trinajstić information content (AvgIpc) is 2.06. The van der Waals surface area contributed by atoms with Gasteiger partial charge in [0.05, 0.1) is 0 Å². The molecule has 0 aromatic rings. The third-order valence-corrected chi connectivity index (χ3v) is 1.84. The summed E-state index contributed by atoms with van der Waals surface area (Å²) in [4.78, 5) is 10.7. The van der Waals surface area contributed by atoms with Gasteiger partial charge < -0.3 is 9.84 Å². The summed E-state index contributed by atoms with van der Waals surface area (Å²) in [6.45, 7) is 6.01. The van der Waals surface area contributed by atoms with Gasteiger partial charge in [-0.3, -0.25) is 4.79 Å². The van der Waals surface area contributed by atoms with Crippen molar-refractivity contribution in [1.82, 2.24) is 0 Å². The van der Waals surface area contributed by atoms with Crippen LogP contribution in [0.1, 0.15) is 40.0 Å². The van der Waals surface area contributed by atoms with Gasteiger partial charge >= 0.3 is 5.97 Å². The predicted molar refractivity (Wildman–Crippen MR) is 46.5 cm³/mol. The molecule has 0 bridgehead atoms. The minimum Gasteiger partial charge on any atom is -0.436 e. The molecule has 1 fully saturated rings. The van der Waals surface area contributed by atoms with Gasteiger partial charge in [-0.2, -0.15) is 0 Å². The van der Waals surface area contributed by atoms with Crippen LogP contribution in [0.15, 0.2) is 0 Å². The van der Waals surface area contributed by atoms with Gasteiger partial charge in [0.2, 0.25) is 6.29 Å².